The highest BCUT2D eigenvalue weighted by Crippen LogP contribution is 2.38. The summed E-state index contributed by atoms with van der Waals surface area (Å²) in [5.74, 6) is 2.01. The molecule has 1 N–H and O–H groups in total. The number of aromatic nitrogens is 3. The molecule has 1 saturated heterocycles. The molecule has 0 bridgehead atoms. The van der Waals surface area contributed by atoms with E-state index in [1.807, 2.05) is 11.8 Å². The average Bonchev–Trinajstić information content (AvgIpc) is 3.16. The van der Waals surface area contributed by atoms with Gasteiger partial charge in [-0.2, -0.15) is 13.9 Å². The molecule has 4 rings (SSSR count). The maximum absolute atomic E-state index is 12.9. The SMILES string of the molecule is CCn1nc(C(=O)NCC2CCC(C)CC2)c(Cl)c1-c1cnc(N2CC(OC(F)F)C2)cc1OC. The summed E-state index contributed by atoms with van der Waals surface area (Å²) in [5, 5.41) is 7.72. The predicted molar refractivity (Wildman–Crippen MR) is 129 cm³/mol. The second kappa shape index (κ2) is 11.1. The topological polar surface area (TPSA) is 81.5 Å². The first-order valence-electron chi connectivity index (χ1n) is 12.1. The summed E-state index contributed by atoms with van der Waals surface area (Å²) >= 11 is 6.69. The molecule has 35 heavy (non-hydrogen) atoms. The van der Waals surface area contributed by atoms with Crippen molar-refractivity contribution in [3.63, 3.8) is 0 Å². The molecular formula is C24H32ClF2N5O3. The number of hydrogen-bond acceptors (Lipinski definition) is 6. The zero-order valence-electron chi connectivity index (χ0n) is 20.3. The fourth-order valence-electron chi connectivity index (χ4n) is 4.73. The van der Waals surface area contributed by atoms with Crippen LogP contribution in [-0.4, -0.2) is 60.1 Å². The first-order valence-corrected chi connectivity index (χ1v) is 12.5. The van der Waals surface area contributed by atoms with E-state index in [9.17, 15) is 13.6 Å². The molecule has 0 radical (unpaired) electrons. The number of methoxy groups -OCH3 is 1. The van der Waals surface area contributed by atoms with Crippen LogP contribution in [0.2, 0.25) is 5.02 Å². The maximum Gasteiger partial charge on any atom is 0.345 e. The Kier molecular flexibility index (Phi) is 8.11. The zero-order valence-corrected chi connectivity index (χ0v) is 21.0. The molecule has 2 fully saturated rings. The van der Waals surface area contributed by atoms with Crippen LogP contribution < -0.4 is 15.0 Å². The van der Waals surface area contributed by atoms with Crippen LogP contribution >= 0.6 is 11.6 Å². The van der Waals surface area contributed by atoms with Gasteiger partial charge in [0.05, 0.1) is 29.5 Å². The van der Waals surface area contributed by atoms with E-state index < -0.39 is 12.7 Å². The van der Waals surface area contributed by atoms with E-state index >= 15 is 0 Å². The Morgan fingerprint density at radius 3 is 2.63 bits per heavy atom. The number of nitrogens with one attached hydrogen (secondary N) is 1. The van der Waals surface area contributed by atoms with Crippen molar-refractivity contribution in [1.29, 1.82) is 0 Å². The van der Waals surface area contributed by atoms with Gasteiger partial charge >= 0.3 is 6.61 Å². The Labute approximate surface area is 208 Å². The molecule has 1 aliphatic carbocycles. The van der Waals surface area contributed by atoms with Crippen LogP contribution in [0.25, 0.3) is 11.3 Å². The second-order valence-corrected chi connectivity index (χ2v) is 9.71. The third kappa shape index (κ3) is 5.69. The number of amides is 1. The molecule has 0 unspecified atom stereocenters. The van der Waals surface area contributed by atoms with Crippen molar-refractivity contribution >= 4 is 23.3 Å². The number of carbonyl (C=O) groups excluding carboxylic acids is 1. The molecule has 1 amide bonds. The van der Waals surface area contributed by atoms with Gasteiger partial charge in [-0.3, -0.25) is 9.48 Å². The number of pyridine rings is 1. The Morgan fingerprint density at radius 1 is 1.29 bits per heavy atom. The Bertz CT molecular complexity index is 1040. The lowest BCUT2D eigenvalue weighted by molar-refractivity contribution is -0.167. The average molecular weight is 512 g/mol. The molecule has 8 nitrogen and oxygen atoms in total. The van der Waals surface area contributed by atoms with Crippen LogP contribution in [0.3, 0.4) is 0 Å². The lowest BCUT2D eigenvalue weighted by Crippen LogP contribution is -2.53. The Balaban J connectivity index is 1.50. The first-order chi connectivity index (χ1) is 16.8. The third-order valence-corrected chi connectivity index (χ3v) is 7.25. The Morgan fingerprint density at radius 2 is 2.00 bits per heavy atom. The molecule has 2 aromatic rings. The van der Waals surface area contributed by atoms with Gasteiger partial charge in [-0.25, -0.2) is 4.98 Å². The number of ether oxygens (including phenoxy) is 2. The summed E-state index contributed by atoms with van der Waals surface area (Å²) < 4.78 is 36.6. The normalized spacial score (nSPS) is 20.7. The lowest BCUT2D eigenvalue weighted by Gasteiger charge is -2.39. The monoisotopic (exact) mass is 511 g/mol. The third-order valence-electron chi connectivity index (χ3n) is 6.89. The minimum Gasteiger partial charge on any atom is -0.496 e. The van der Waals surface area contributed by atoms with Gasteiger partial charge in [0.2, 0.25) is 0 Å². The van der Waals surface area contributed by atoms with Crippen LogP contribution in [0.5, 0.6) is 5.75 Å². The number of nitrogens with zero attached hydrogens (tertiary/aromatic N) is 4. The molecule has 0 aromatic carbocycles. The van der Waals surface area contributed by atoms with Crippen LogP contribution in [0.15, 0.2) is 12.3 Å². The molecule has 192 valence electrons. The predicted octanol–water partition coefficient (Wildman–Crippen LogP) is 4.61. The summed E-state index contributed by atoms with van der Waals surface area (Å²) in [7, 11) is 1.53. The Hall–Kier alpha value is -2.46. The van der Waals surface area contributed by atoms with Gasteiger partial charge in [-0.15, -0.1) is 0 Å². The van der Waals surface area contributed by atoms with Gasteiger partial charge in [0.15, 0.2) is 5.69 Å². The van der Waals surface area contributed by atoms with E-state index in [2.05, 4.69) is 27.1 Å². The molecule has 0 spiro atoms. The van der Waals surface area contributed by atoms with E-state index in [4.69, 9.17) is 16.3 Å². The molecule has 1 saturated carbocycles. The van der Waals surface area contributed by atoms with Gasteiger partial charge in [-0.1, -0.05) is 31.4 Å². The molecule has 3 heterocycles. The number of alkyl halides is 2. The molecule has 2 aliphatic rings. The summed E-state index contributed by atoms with van der Waals surface area (Å²) in [6, 6.07) is 1.72. The van der Waals surface area contributed by atoms with Gasteiger partial charge in [0, 0.05) is 38.4 Å². The highest BCUT2D eigenvalue weighted by molar-refractivity contribution is 6.36. The molecule has 11 heteroatoms. The number of carbonyl (C=O) groups is 1. The second-order valence-electron chi connectivity index (χ2n) is 9.33. The van der Waals surface area contributed by atoms with Crippen molar-refractivity contribution in [1.82, 2.24) is 20.1 Å². The number of aryl methyl sites for hydroxylation is 1. The summed E-state index contributed by atoms with van der Waals surface area (Å²) in [5.41, 5.74) is 1.31. The van der Waals surface area contributed by atoms with Crippen LogP contribution in [-0.2, 0) is 11.3 Å². The van der Waals surface area contributed by atoms with Crippen LogP contribution in [0.1, 0.15) is 50.0 Å². The largest absolute Gasteiger partial charge is 0.496 e. The van der Waals surface area contributed by atoms with E-state index in [0.29, 0.717) is 54.9 Å². The van der Waals surface area contributed by atoms with Gasteiger partial charge in [0.1, 0.15) is 11.6 Å². The molecule has 1 aliphatic heterocycles. The van der Waals surface area contributed by atoms with Gasteiger partial charge < -0.3 is 19.7 Å². The van der Waals surface area contributed by atoms with Crippen LogP contribution in [0, 0.1) is 11.8 Å². The van der Waals surface area contributed by atoms with E-state index in [1.165, 1.54) is 20.0 Å². The summed E-state index contributed by atoms with van der Waals surface area (Å²) in [6.07, 6.45) is 5.69. The summed E-state index contributed by atoms with van der Waals surface area (Å²) in [6.45, 7) is 3.13. The first kappa shape index (κ1) is 25.6. The highest BCUT2D eigenvalue weighted by Gasteiger charge is 2.32. The van der Waals surface area contributed by atoms with E-state index in [1.54, 1.807) is 16.9 Å². The number of halogens is 3. The fraction of sp³-hybridized carbons (Fsp3) is 0.625. The zero-order chi connectivity index (χ0) is 25.1. The van der Waals surface area contributed by atoms with Crippen molar-refractivity contribution in [2.45, 2.75) is 58.8 Å². The highest BCUT2D eigenvalue weighted by atomic mass is 35.5. The van der Waals surface area contributed by atoms with Crippen LogP contribution in [0.4, 0.5) is 14.6 Å². The number of rotatable bonds is 9. The maximum atomic E-state index is 12.9. The lowest BCUT2D eigenvalue weighted by atomic mass is 9.83. The van der Waals surface area contributed by atoms with Crippen molar-refractivity contribution < 1.29 is 23.0 Å². The van der Waals surface area contributed by atoms with Gasteiger partial charge in [-0.05, 0) is 31.6 Å². The molecule has 2 aromatic heterocycles. The van der Waals surface area contributed by atoms with Crippen molar-refractivity contribution in [3.05, 3.63) is 23.0 Å². The molecular weight excluding hydrogens is 480 g/mol. The minimum absolute atomic E-state index is 0.175. The van der Waals surface area contributed by atoms with Crippen molar-refractivity contribution in [2.75, 3.05) is 31.6 Å². The van der Waals surface area contributed by atoms with E-state index in [0.717, 1.165) is 18.8 Å². The standard InChI is InChI=1S/C24H32ClF2N5O3/c1-4-32-22(20(25)21(30-32)23(33)29-10-15-7-5-14(2)6-8-15)17-11-28-19(9-18(17)34-3)31-12-16(13-31)35-24(26)27/h9,11,14-16,24H,4-8,10,12-13H2,1-3H3,(H,29,33). The van der Waals surface area contributed by atoms with E-state index in [-0.39, 0.29) is 16.6 Å². The number of hydrogen-bond donors (Lipinski definition) is 1. The minimum atomic E-state index is -2.79. The molecule has 0 atom stereocenters. The smallest absolute Gasteiger partial charge is 0.345 e. The number of anilines is 1. The van der Waals surface area contributed by atoms with Crippen molar-refractivity contribution in [2.24, 2.45) is 11.8 Å². The van der Waals surface area contributed by atoms with Gasteiger partial charge in [0.25, 0.3) is 5.91 Å². The van der Waals surface area contributed by atoms with Crippen molar-refractivity contribution in [3.8, 4) is 17.0 Å². The summed E-state index contributed by atoms with van der Waals surface area (Å²) in [4.78, 5) is 19.2. The quantitative estimate of drug-likeness (QED) is 0.529. The fourth-order valence-corrected chi connectivity index (χ4v) is 5.05.